The van der Waals surface area contributed by atoms with Gasteiger partial charge >= 0.3 is 0 Å². The molecule has 0 radical (unpaired) electrons. The van der Waals surface area contributed by atoms with Gasteiger partial charge in [-0.15, -0.1) is 0 Å². The van der Waals surface area contributed by atoms with Gasteiger partial charge in [-0.25, -0.2) is 0 Å². The number of carbonyl (C=O) groups is 1. The lowest BCUT2D eigenvalue weighted by atomic mass is 10.1. The number of nitrogens with zero attached hydrogens (tertiary/aromatic N) is 2. The molecule has 0 atom stereocenters. The molecule has 3 rings (SSSR count). The zero-order valence-corrected chi connectivity index (χ0v) is 16.2. The van der Waals surface area contributed by atoms with Gasteiger partial charge in [-0.1, -0.05) is 48.5 Å². The second-order valence-corrected chi connectivity index (χ2v) is 7.20. The van der Waals surface area contributed by atoms with Gasteiger partial charge < -0.3 is 14.5 Å². The predicted octanol–water partition coefficient (Wildman–Crippen LogP) is 3.84. The molecule has 1 saturated heterocycles. The van der Waals surface area contributed by atoms with Crippen molar-refractivity contribution < 1.29 is 9.53 Å². The average Bonchev–Trinajstić information content (AvgIpc) is 2.69. The number of rotatable bonds is 6. The Bertz CT molecular complexity index is 763. The van der Waals surface area contributed by atoms with Crippen molar-refractivity contribution >= 4 is 5.91 Å². The molecule has 0 spiro atoms. The molecule has 27 heavy (non-hydrogen) atoms. The summed E-state index contributed by atoms with van der Waals surface area (Å²) in [5.41, 5.74) is 2.35. The normalized spacial score (nSPS) is 15.4. The summed E-state index contributed by atoms with van der Waals surface area (Å²) in [5.74, 6) is 0.994. The number of likely N-dealkylation sites (tertiary alicyclic amines) is 1. The summed E-state index contributed by atoms with van der Waals surface area (Å²) in [5, 5.41) is 0. The number of hydrogen-bond acceptors (Lipinski definition) is 3. The maximum absolute atomic E-state index is 12.2. The fourth-order valence-electron chi connectivity index (χ4n) is 3.24. The van der Waals surface area contributed by atoms with Gasteiger partial charge in [0.15, 0.2) is 0 Å². The predicted molar refractivity (Wildman–Crippen MR) is 110 cm³/mol. The van der Waals surface area contributed by atoms with Crippen LogP contribution in [0.4, 0.5) is 0 Å². The van der Waals surface area contributed by atoms with Gasteiger partial charge in [-0.05, 0) is 37.4 Å². The fourth-order valence-corrected chi connectivity index (χ4v) is 3.24. The van der Waals surface area contributed by atoms with Crippen LogP contribution in [0.3, 0.4) is 0 Å². The summed E-state index contributed by atoms with van der Waals surface area (Å²) >= 11 is 0. The molecule has 1 aliphatic rings. The second kappa shape index (κ2) is 9.38. The molecule has 0 bridgehead atoms. The highest BCUT2D eigenvalue weighted by atomic mass is 16.5. The van der Waals surface area contributed by atoms with Gasteiger partial charge in [0.05, 0.1) is 0 Å². The van der Waals surface area contributed by atoms with Crippen LogP contribution in [0.1, 0.15) is 12.8 Å². The first-order chi connectivity index (χ1) is 13.1. The molecule has 0 saturated carbocycles. The molecule has 1 heterocycles. The highest BCUT2D eigenvalue weighted by Gasteiger charge is 2.22. The molecule has 142 valence electrons. The van der Waals surface area contributed by atoms with Crippen LogP contribution < -0.4 is 4.74 Å². The molecule has 1 amide bonds. The van der Waals surface area contributed by atoms with Gasteiger partial charge in [0.1, 0.15) is 11.9 Å². The van der Waals surface area contributed by atoms with Crippen LogP contribution >= 0.6 is 0 Å². The Hall–Kier alpha value is -2.59. The quantitative estimate of drug-likeness (QED) is 0.730. The van der Waals surface area contributed by atoms with E-state index in [0.717, 1.165) is 43.8 Å². The Balaban J connectivity index is 1.52. The summed E-state index contributed by atoms with van der Waals surface area (Å²) in [6.07, 6.45) is 5.49. The van der Waals surface area contributed by atoms with Crippen molar-refractivity contribution in [2.75, 3.05) is 33.7 Å². The molecule has 2 aromatic rings. The molecular formula is C23H28N2O2. The zero-order valence-electron chi connectivity index (χ0n) is 16.2. The first kappa shape index (κ1) is 19.2. The number of hydrogen-bond donors (Lipinski definition) is 0. The SMILES string of the molecule is CN(C)C/C=C/C(=O)N1CCC(Oc2cccc(-c3ccccc3)c2)CC1. The Morgan fingerprint density at radius 3 is 2.48 bits per heavy atom. The molecule has 2 aromatic carbocycles. The number of ether oxygens (including phenoxy) is 1. The standard InChI is InChI=1S/C23H28N2O2/c1-24(2)15-7-12-23(26)25-16-13-21(14-17-25)27-22-11-6-10-20(18-22)19-8-4-3-5-9-19/h3-12,18,21H,13-17H2,1-2H3/b12-7+. The van der Waals surface area contributed by atoms with Crippen molar-refractivity contribution in [3.05, 3.63) is 66.7 Å². The maximum Gasteiger partial charge on any atom is 0.246 e. The maximum atomic E-state index is 12.2. The van der Waals surface area contributed by atoms with Crippen molar-refractivity contribution in [1.29, 1.82) is 0 Å². The fraction of sp³-hybridized carbons (Fsp3) is 0.348. The van der Waals surface area contributed by atoms with Crippen LogP contribution in [-0.2, 0) is 4.79 Å². The Morgan fingerprint density at radius 2 is 1.78 bits per heavy atom. The van der Waals surface area contributed by atoms with E-state index in [0.29, 0.717) is 0 Å². The molecule has 0 aliphatic carbocycles. The number of benzene rings is 2. The van der Waals surface area contributed by atoms with Crippen molar-refractivity contribution in [3.8, 4) is 16.9 Å². The summed E-state index contributed by atoms with van der Waals surface area (Å²) in [4.78, 5) is 16.2. The van der Waals surface area contributed by atoms with Crippen LogP contribution in [0, 0.1) is 0 Å². The van der Waals surface area contributed by atoms with Crippen molar-refractivity contribution in [1.82, 2.24) is 9.80 Å². The van der Waals surface area contributed by atoms with E-state index in [1.54, 1.807) is 6.08 Å². The van der Waals surface area contributed by atoms with E-state index in [-0.39, 0.29) is 12.0 Å². The van der Waals surface area contributed by atoms with Gasteiger partial charge in [-0.2, -0.15) is 0 Å². The molecule has 1 aliphatic heterocycles. The van der Waals surface area contributed by atoms with Crippen LogP contribution in [0.5, 0.6) is 5.75 Å². The minimum absolute atomic E-state index is 0.0985. The van der Waals surface area contributed by atoms with Gasteiger partial charge in [0, 0.05) is 38.6 Å². The highest BCUT2D eigenvalue weighted by Crippen LogP contribution is 2.26. The monoisotopic (exact) mass is 364 g/mol. The van der Waals surface area contributed by atoms with Gasteiger partial charge in [-0.3, -0.25) is 4.79 Å². The molecule has 4 heteroatoms. The van der Waals surface area contributed by atoms with E-state index < -0.39 is 0 Å². The lowest BCUT2D eigenvalue weighted by Crippen LogP contribution is -2.41. The van der Waals surface area contributed by atoms with Gasteiger partial charge in [0.2, 0.25) is 5.91 Å². The number of carbonyl (C=O) groups excluding carboxylic acids is 1. The molecule has 1 fully saturated rings. The first-order valence-electron chi connectivity index (χ1n) is 9.54. The molecule has 4 nitrogen and oxygen atoms in total. The Kier molecular flexibility index (Phi) is 6.66. The minimum atomic E-state index is 0.0985. The molecule has 0 aromatic heterocycles. The van der Waals surface area contributed by atoms with Crippen LogP contribution in [0.2, 0.25) is 0 Å². The van der Waals surface area contributed by atoms with Crippen LogP contribution in [-0.4, -0.2) is 55.5 Å². The third-order valence-electron chi connectivity index (χ3n) is 4.73. The number of likely N-dealkylation sites (N-methyl/N-ethyl adjacent to an activating group) is 1. The van der Waals surface area contributed by atoms with Crippen LogP contribution in [0.25, 0.3) is 11.1 Å². The summed E-state index contributed by atoms with van der Waals surface area (Å²) in [6.45, 7) is 2.27. The van der Waals surface area contributed by atoms with E-state index in [9.17, 15) is 4.79 Å². The third kappa shape index (κ3) is 5.69. The lowest BCUT2D eigenvalue weighted by Gasteiger charge is -2.31. The Labute approximate surface area is 162 Å². The van der Waals surface area contributed by atoms with E-state index in [1.807, 2.05) is 60.3 Å². The van der Waals surface area contributed by atoms with Crippen molar-refractivity contribution in [3.63, 3.8) is 0 Å². The zero-order chi connectivity index (χ0) is 19.1. The smallest absolute Gasteiger partial charge is 0.246 e. The largest absolute Gasteiger partial charge is 0.490 e. The molecular weight excluding hydrogens is 336 g/mol. The molecule has 0 unspecified atom stereocenters. The third-order valence-corrected chi connectivity index (χ3v) is 4.73. The first-order valence-corrected chi connectivity index (χ1v) is 9.54. The van der Waals surface area contributed by atoms with Crippen molar-refractivity contribution in [2.24, 2.45) is 0 Å². The van der Waals surface area contributed by atoms with E-state index >= 15 is 0 Å². The summed E-state index contributed by atoms with van der Waals surface area (Å²) < 4.78 is 6.20. The number of amides is 1. The van der Waals surface area contributed by atoms with E-state index in [2.05, 4.69) is 24.3 Å². The minimum Gasteiger partial charge on any atom is -0.490 e. The highest BCUT2D eigenvalue weighted by molar-refractivity contribution is 5.87. The topological polar surface area (TPSA) is 32.8 Å². The van der Waals surface area contributed by atoms with Crippen molar-refractivity contribution in [2.45, 2.75) is 18.9 Å². The van der Waals surface area contributed by atoms with Gasteiger partial charge in [0.25, 0.3) is 0 Å². The van der Waals surface area contributed by atoms with Crippen LogP contribution in [0.15, 0.2) is 66.7 Å². The number of piperidine rings is 1. The summed E-state index contributed by atoms with van der Waals surface area (Å²) in [7, 11) is 3.98. The van der Waals surface area contributed by atoms with E-state index in [1.165, 1.54) is 5.56 Å². The lowest BCUT2D eigenvalue weighted by molar-refractivity contribution is -0.127. The summed E-state index contributed by atoms with van der Waals surface area (Å²) in [6, 6.07) is 18.6. The Morgan fingerprint density at radius 1 is 1.07 bits per heavy atom. The van der Waals surface area contributed by atoms with E-state index in [4.69, 9.17) is 4.74 Å². The second-order valence-electron chi connectivity index (χ2n) is 7.20. The average molecular weight is 364 g/mol. The molecule has 0 N–H and O–H groups in total.